The van der Waals surface area contributed by atoms with Crippen molar-refractivity contribution in [2.24, 2.45) is 5.92 Å². The van der Waals surface area contributed by atoms with Crippen molar-refractivity contribution in [2.45, 2.75) is 37.8 Å². The highest BCUT2D eigenvalue weighted by Gasteiger charge is 2.36. The molecule has 2 aromatic rings. The summed E-state index contributed by atoms with van der Waals surface area (Å²) in [5.74, 6) is 1.93. The molecule has 1 saturated carbocycles. The van der Waals surface area contributed by atoms with Gasteiger partial charge in [-0.25, -0.2) is 0 Å². The maximum absolute atomic E-state index is 12.5. The van der Waals surface area contributed by atoms with Crippen LogP contribution in [-0.4, -0.2) is 30.3 Å². The molecule has 1 fully saturated rings. The minimum absolute atomic E-state index is 0.0333. The second kappa shape index (κ2) is 8.01. The van der Waals surface area contributed by atoms with Crippen molar-refractivity contribution >= 4 is 5.91 Å². The van der Waals surface area contributed by atoms with E-state index < -0.39 is 0 Å². The van der Waals surface area contributed by atoms with Gasteiger partial charge in [0.15, 0.2) is 0 Å². The molecule has 0 spiro atoms. The zero-order chi connectivity index (χ0) is 18.6. The molecule has 4 rings (SSSR count). The van der Waals surface area contributed by atoms with Gasteiger partial charge in [-0.15, -0.1) is 0 Å². The highest BCUT2D eigenvalue weighted by molar-refractivity contribution is 5.76. The third-order valence-electron chi connectivity index (χ3n) is 5.35. The number of ether oxygens (including phenoxy) is 2. The van der Waals surface area contributed by atoms with Crippen LogP contribution in [0, 0.1) is 5.92 Å². The third-order valence-corrected chi connectivity index (χ3v) is 5.35. The number of aliphatic hydroxyl groups excluding tert-OH is 1. The van der Waals surface area contributed by atoms with Crippen LogP contribution in [0.4, 0.5) is 0 Å². The van der Waals surface area contributed by atoms with Crippen molar-refractivity contribution in [2.75, 3.05) is 13.2 Å². The molecule has 27 heavy (non-hydrogen) atoms. The van der Waals surface area contributed by atoms with Crippen molar-refractivity contribution in [3.63, 3.8) is 0 Å². The first kappa shape index (κ1) is 17.9. The average molecular weight is 367 g/mol. The van der Waals surface area contributed by atoms with E-state index in [1.54, 1.807) is 0 Å². The number of carbonyl (C=O) groups is 1. The fraction of sp³-hybridized carbons (Fsp3) is 0.409. The minimum atomic E-state index is -0.256. The SMILES string of the molecule is O=C(CCOc1ccccc1)N[C@H](c1ccc2c(c1)CCO2)C1CC(O)C1. The Balaban J connectivity index is 1.38. The fourth-order valence-electron chi connectivity index (χ4n) is 3.80. The summed E-state index contributed by atoms with van der Waals surface area (Å²) in [7, 11) is 0. The standard InChI is InChI=1S/C22H25NO4/c24-18-13-17(14-18)22(16-6-7-20-15(12-16)8-10-27-20)23-21(25)9-11-26-19-4-2-1-3-5-19/h1-7,12,17-18,22,24H,8-11,13-14H2,(H,23,25)/t17?,18?,22-/m1/s1. The van der Waals surface area contributed by atoms with Gasteiger partial charge >= 0.3 is 0 Å². The Hall–Kier alpha value is -2.53. The summed E-state index contributed by atoms with van der Waals surface area (Å²) >= 11 is 0. The third kappa shape index (κ3) is 4.25. The minimum Gasteiger partial charge on any atom is -0.493 e. The van der Waals surface area contributed by atoms with E-state index in [1.165, 1.54) is 5.56 Å². The summed E-state index contributed by atoms with van der Waals surface area (Å²) in [5, 5.41) is 12.9. The Kier molecular flexibility index (Phi) is 5.30. The van der Waals surface area contributed by atoms with Gasteiger partial charge in [-0.05, 0) is 54.2 Å². The van der Waals surface area contributed by atoms with Crippen molar-refractivity contribution in [3.8, 4) is 11.5 Å². The zero-order valence-electron chi connectivity index (χ0n) is 15.3. The molecule has 2 aromatic carbocycles. The first-order valence-electron chi connectivity index (χ1n) is 9.60. The Morgan fingerprint density at radius 1 is 1.22 bits per heavy atom. The van der Waals surface area contributed by atoms with Crippen LogP contribution in [0.2, 0.25) is 0 Å². The number of hydrogen-bond acceptors (Lipinski definition) is 4. The van der Waals surface area contributed by atoms with Crippen LogP contribution in [-0.2, 0) is 11.2 Å². The van der Waals surface area contributed by atoms with Crippen LogP contribution >= 0.6 is 0 Å². The Labute approximate surface area is 159 Å². The molecule has 0 unspecified atom stereocenters. The molecule has 5 nitrogen and oxygen atoms in total. The lowest BCUT2D eigenvalue weighted by Crippen LogP contribution is -2.41. The highest BCUT2D eigenvalue weighted by Crippen LogP contribution is 2.39. The lowest BCUT2D eigenvalue weighted by Gasteiger charge is -2.38. The van der Waals surface area contributed by atoms with Crippen molar-refractivity contribution < 1.29 is 19.4 Å². The van der Waals surface area contributed by atoms with Gasteiger partial charge in [-0.1, -0.05) is 24.3 Å². The highest BCUT2D eigenvalue weighted by atomic mass is 16.5. The summed E-state index contributed by atoms with van der Waals surface area (Å²) in [6.07, 6.45) is 2.39. The van der Waals surface area contributed by atoms with Gasteiger partial charge in [0.2, 0.25) is 5.91 Å². The van der Waals surface area contributed by atoms with Crippen LogP contribution in [0.5, 0.6) is 11.5 Å². The molecule has 2 N–H and O–H groups in total. The van der Waals surface area contributed by atoms with Crippen LogP contribution in [0.25, 0.3) is 0 Å². The first-order valence-corrected chi connectivity index (χ1v) is 9.60. The number of rotatable bonds is 7. The van der Waals surface area contributed by atoms with Gasteiger partial charge in [0, 0.05) is 6.42 Å². The number of benzene rings is 2. The largest absolute Gasteiger partial charge is 0.493 e. The molecular formula is C22H25NO4. The van der Waals surface area contributed by atoms with E-state index in [0.717, 1.165) is 42.9 Å². The number of nitrogens with one attached hydrogen (secondary N) is 1. The second-order valence-corrected chi connectivity index (χ2v) is 7.31. The van der Waals surface area contributed by atoms with Gasteiger partial charge in [-0.2, -0.15) is 0 Å². The topological polar surface area (TPSA) is 67.8 Å². The second-order valence-electron chi connectivity index (χ2n) is 7.31. The van der Waals surface area contributed by atoms with Gasteiger partial charge in [-0.3, -0.25) is 4.79 Å². The molecule has 2 aliphatic rings. The van der Waals surface area contributed by atoms with Crippen LogP contribution in [0.15, 0.2) is 48.5 Å². The van der Waals surface area contributed by atoms with Gasteiger partial charge in [0.25, 0.3) is 0 Å². The van der Waals surface area contributed by atoms with Crippen LogP contribution in [0.3, 0.4) is 0 Å². The molecule has 1 aliphatic carbocycles. The lowest BCUT2D eigenvalue weighted by molar-refractivity contribution is -0.123. The van der Waals surface area contributed by atoms with E-state index in [9.17, 15) is 9.90 Å². The smallest absolute Gasteiger partial charge is 0.223 e. The maximum Gasteiger partial charge on any atom is 0.223 e. The Bertz CT molecular complexity index is 786. The van der Waals surface area contributed by atoms with E-state index >= 15 is 0 Å². The summed E-state index contributed by atoms with van der Waals surface area (Å²) in [6, 6.07) is 15.6. The number of para-hydroxylation sites is 1. The average Bonchev–Trinajstić information content (AvgIpc) is 3.12. The van der Waals surface area contributed by atoms with Crippen molar-refractivity contribution in [3.05, 3.63) is 59.7 Å². The normalized spacial score (nSPS) is 21.5. The molecule has 1 amide bonds. The molecule has 142 valence electrons. The molecule has 0 radical (unpaired) electrons. The molecule has 5 heteroatoms. The Morgan fingerprint density at radius 2 is 2.04 bits per heavy atom. The van der Waals surface area contributed by atoms with E-state index in [2.05, 4.69) is 11.4 Å². The summed E-state index contributed by atoms with van der Waals surface area (Å²) in [6.45, 7) is 1.06. The molecular weight excluding hydrogens is 342 g/mol. The lowest BCUT2D eigenvalue weighted by atomic mass is 9.75. The summed E-state index contributed by atoms with van der Waals surface area (Å²) < 4.78 is 11.2. The number of hydrogen-bond donors (Lipinski definition) is 2. The maximum atomic E-state index is 12.5. The number of fused-ring (bicyclic) bond motifs is 1. The molecule has 1 aliphatic heterocycles. The monoisotopic (exact) mass is 367 g/mol. The molecule has 0 aromatic heterocycles. The van der Waals surface area contributed by atoms with Crippen LogP contribution < -0.4 is 14.8 Å². The van der Waals surface area contributed by atoms with Crippen molar-refractivity contribution in [1.82, 2.24) is 5.32 Å². The van der Waals surface area contributed by atoms with Crippen LogP contribution in [0.1, 0.15) is 36.4 Å². The number of carbonyl (C=O) groups excluding carboxylic acids is 1. The van der Waals surface area contributed by atoms with Gasteiger partial charge < -0.3 is 19.9 Å². The van der Waals surface area contributed by atoms with Gasteiger partial charge in [0.1, 0.15) is 11.5 Å². The summed E-state index contributed by atoms with van der Waals surface area (Å²) in [4.78, 5) is 12.5. The molecule has 0 saturated heterocycles. The Morgan fingerprint density at radius 3 is 2.81 bits per heavy atom. The molecule has 1 atom stereocenters. The van der Waals surface area contributed by atoms with Gasteiger partial charge in [0.05, 0.1) is 31.8 Å². The van der Waals surface area contributed by atoms with E-state index in [4.69, 9.17) is 9.47 Å². The van der Waals surface area contributed by atoms with E-state index in [1.807, 2.05) is 42.5 Å². The fourth-order valence-corrected chi connectivity index (χ4v) is 3.80. The predicted octanol–water partition coefficient (Wildman–Crippen LogP) is 3.02. The number of amides is 1. The van der Waals surface area contributed by atoms with E-state index in [0.29, 0.717) is 13.0 Å². The quantitative estimate of drug-likeness (QED) is 0.789. The van der Waals surface area contributed by atoms with E-state index in [-0.39, 0.29) is 24.0 Å². The molecule has 0 bridgehead atoms. The van der Waals surface area contributed by atoms with Crippen molar-refractivity contribution in [1.29, 1.82) is 0 Å². The summed E-state index contributed by atoms with van der Waals surface area (Å²) in [5.41, 5.74) is 2.28. The zero-order valence-corrected chi connectivity index (χ0v) is 15.3. The number of aliphatic hydroxyl groups is 1. The predicted molar refractivity (Wildman–Crippen MR) is 102 cm³/mol. The first-order chi connectivity index (χ1) is 13.2. The molecule has 1 heterocycles.